The Morgan fingerprint density at radius 1 is 1.17 bits per heavy atom. The molecule has 1 amide bonds. The highest BCUT2D eigenvalue weighted by molar-refractivity contribution is 7.09. The van der Waals surface area contributed by atoms with Crippen molar-refractivity contribution in [3.63, 3.8) is 0 Å². The van der Waals surface area contributed by atoms with Gasteiger partial charge in [-0.3, -0.25) is 9.79 Å². The summed E-state index contributed by atoms with van der Waals surface area (Å²) in [6.45, 7) is 3.62. The van der Waals surface area contributed by atoms with Crippen molar-refractivity contribution in [2.75, 3.05) is 33.3 Å². The van der Waals surface area contributed by atoms with E-state index in [0.29, 0.717) is 54.9 Å². The molecule has 0 radical (unpaired) electrons. The van der Waals surface area contributed by atoms with Crippen LogP contribution in [0, 0.1) is 0 Å². The van der Waals surface area contributed by atoms with Gasteiger partial charge in [-0.25, -0.2) is 4.98 Å². The van der Waals surface area contributed by atoms with Gasteiger partial charge in [-0.05, 0) is 31.2 Å². The molecule has 0 spiro atoms. The zero-order valence-electron chi connectivity index (χ0n) is 16.7. The molecule has 0 unspecified atom stereocenters. The number of guanidine groups is 1. The Morgan fingerprint density at radius 2 is 1.87 bits per heavy atom. The van der Waals surface area contributed by atoms with Crippen molar-refractivity contribution in [2.24, 2.45) is 4.99 Å². The Bertz CT molecular complexity index is 837. The van der Waals surface area contributed by atoms with Crippen molar-refractivity contribution < 1.29 is 22.7 Å². The first-order valence-corrected chi connectivity index (χ1v) is 10.2. The molecule has 7 nitrogen and oxygen atoms in total. The number of hydrogen-bond donors (Lipinski definition) is 3. The van der Waals surface area contributed by atoms with Gasteiger partial charge in [-0.2, -0.15) is 13.2 Å². The molecule has 30 heavy (non-hydrogen) atoms. The number of carbonyl (C=O) groups excluding carboxylic acids is 1. The number of amides is 1. The number of aromatic nitrogens is 1. The first-order valence-electron chi connectivity index (χ1n) is 9.29. The quantitative estimate of drug-likeness (QED) is 0.315. The molecule has 0 aliphatic rings. The predicted octanol–water partition coefficient (Wildman–Crippen LogP) is 2.70. The Labute approximate surface area is 176 Å². The molecule has 0 aliphatic heterocycles. The fourth-order valence-corrected chi connectivity index (χ4v) is 3.16. The first-order chi connectivity index (χ1) is 14.3. The average molecular weight is 443 g/mol. The molecule has 11 heteroatoms. The molecule has 0 saturated carbocycles. The Balaban J connectivity index is 1.76. The van der Waals surface area contributed by atoms with Gasteiger partial charge in [-0.1, -0.05) is 0 Å². The van der Waals surface area contributed by atoms with Gasteiger partial charge in [0.25, 0.3) is 5.91 Å². The van der Waals surface area contributed by atoms with Gasteiger partial charge < -0.3 is 20.7 Å². The molecule has 164 valence electrons. The summed E-state index contributed by atoms with van der Waals surface area (Å²) in [4.78, 5) is 20.0. The zero-order chi connectivity index (χ0) is 22.0. The van der Waals surface area contributed by atoms with E-state index in [2.05, 4.69) is 25.9 Å². The molecule has 0 saturated heterocycles. The second-order valence-corrected chi connectivity index (χ2v) is 6.99. The highest BCUT2D eigenvalue weighted by atomic mass is 32.1. The van der Waals surface area contributed by atoms with Crippen molar-refractivity contribution in [1.29, 1.82) is 0 Å². The number of alkyl halides is 3. The highest BCUT2D eigenvalue weighted by Crippen LogP contribution is 2.30. The van der Waals surface area contributed by atoms with Gasteiger partial charge in [0.1, 0.15) is 5.75 Å². The lowest BCUT2D eigenvalue weighted by Gasteiger charge is -2.12. The molecule has 1 heterocycles. The summed E-state index contributed by atoms with van der Waals surface area (Å²) in [5, 5.41) is 10.3. The fraction of sp³-hybridized carbons (Fsp3) is 0.421. The van der Waals surface area contributed by atoms with E-state index in [1.54, 1.807) is 31.4 Å². The average Bonchev–Trinajstić information content (AvgIpc) is 3.20. The van der Waals surface area contributed by atoms with Crippen LogP contribution in [0.5, 0.6) is 5.75 Å². The molecular formula is C19H24F3N5O2S. The van der Waals surface area contributed by atoms with Gasteiger partial charge in [-0.15, -0.1) is 11.3 Å². The monoisotopic (exact) mass is 443 g/mol. The topological polar surface area (TPSA) is 87.6 Å². The number of ether oxygens (including phenoxy) is 1. The largest absolute Gasteiger partial charge is 0.497 e. The first kappa shape index (κ1) is 23.5. The van der Waals surface area contributed by atoms with Crippen molar-refractivity contribution in [2.45, 2.75) is 19.5 Å². The van der Waals surface area contributed by atoms with E-state index in [1.165, 1.54) is 0 Å². The maximum atomic E-state index is 12.6. The zero-order valence-corrected chi connectivity index (χ0v) is 17.5. The van der Waals surface area contributed by atoms with E-state index in [-0.39, 0.29) is 5.91 Å². The van der Waals surface area contributed by atoms with Crippen LogP contribution in [0.3, 0.4) is 0 Å². The third-order valence-corrected chi connectivity index (χ3v) is 4.75. The number of thiazole rings is 1. The van der Waals surface area contributed by atoms with E-state index in [0.717, 1.165) is 16.7 Å². The minimum Gasteiger partial charge on any atom is -0.497 e. The lowest BCUT2D eigenvalue weighted by molar-refractivity contribution is -0.140. The maximum absolute atomic E-state index is 12.6. The normalized spacial score (nSPS) is 11.8. The minimum atomic E-state index is -4.43. The summed E-state index contributed by atoms with van der Waals surface area (Å²) >= 11 is 0.970. The predicted molar refractivity (Wildman–Crippen MR) is 110 cm³/mol. The molecule has 1 aromatic heterocycles. The molecule has 0 atom stereocenters. The summed E-state index contributed by atoms with van der Waals surface area (Å²) in [5.41, 5.74) is -0.345. The van der Waals surface area contributed by atoms with Crippen molar-refractivity contribution in [1.82, 2.24) is 20.9 Å². The van der Waals surface area contributed by atoms with E-state index in [1.807, 2.05) is 6.92 Å². The summed E-state index contributed by atoms with van der Waals surface area (Å²) in [7, 11) is 1.56. The number of nitrogens with zero attached hydrogens (tertiary/aromatic N) is 2. The molecule has 0 aliphatic carbocycles. The fourth-order valence-electron chi connectivity index (χ4n) is 2.36. The summed E-state index contributed by atoms with van der Waals surface area (Å²) < 4.78 is 42.8. The number of aliphatic imine (C=N–C) groups is 1. The number of nitrogens with one attached hydrogen (secondary N) is 3. The molecule has 2 rings (SSSR count). The second-order valence-electron chi connectivity index (χ2n) is 6.05. The maximum Gasteiger partial charge on any atom is 0.434 e. The molecule has 0 bridgehead atoms. The van der Waals surface area contributed by atoms with Crippen LogP contribution in [0.2, 0.25) is 0 Å². The molecule has 3 N–H and O–H groups in total. The van der Waals surface area contributed by atoms with Gasteiger partial charge >= 0.3 is 6.18 Å². The van der Waals surface area contributed by atoms with Crippen LogP contribution in [-0.4, -0.2) is 50.1 Å². The Kier molecular flexibility index (Phi) is 8.90. The van der Waals surface area contributed by atoms with Crippen LogP contribution in [0.15, 0.2) is 34.6 Å². The van der Waals surface area contributed by atoms with Gasteiger partial charge in [0.2, 0.25) is 0 Å². The number of carbonyl (C=O) groups is 1. The second kappa shape index (κ2) is 11.4. The van der Waals surface area contributed by atoms with Crippen LogP contribution in [-0.2, 0) is 12.6 Å². The number of halogens is 3. The lowest BCUT2D eigenvalue weighted by atomic mass is 10.2. The van der Waals surface area contributed by atoms with E-state index in [9.17, 15) is 18.0 Å². The molecule has 0 fully saturated rings. The van der Waals surface area contributed by atoms with E-state index < -0.39 is 11.9 Å². The summed E-state index contributed by atoms with van der Waals surface area (Å²) in [5.74, 6) is 0.988. The van der Waals surface area contributed by atoms with Crippen LogP contribution in [0.4, 0.5) is 13.2 Å². The number of benzene rings is 1. The standard InChI is InChI=1S/C19H24F3N5O2S/c1-3-23-18(25-9-8-16-27-15(12-30-16)19(20,21)22)26-11-10-24-17(28)13-4-6-14(29-2)7-5-13/h4-7,12H,3,8-11H2,1-2H3,(H,24,28)(H2,23,25,26). The summed E-state index contributed by atoms with van der Waals surface area (Å²) in [6, 6.07) is 6.78. The van der Waals surface area contributed by atoms with Crippen LogP contribution in [0.25, 0.3) is 0 Å². The Hall–Kier alpha value is -2.82. The van der Waals surface area contributed by atoms with Crippen LogP contribution >= 0.6 is 11.3 Å². The summed E-state index contributed by atoms with van der Waals surface area (Å²) in [6.07, 6.45) is -4.11. The minimum absolute atomic E-state index is 0.203. The van der Waals surface area contributed by atoms with Crippen molar-refractivity contribution in [3.05, 3.63) is 45.9 Å². The lowest BCUT2D eigenvalue weighted by Crippen LogP contribution is -2.41. The van der Waals surface area contributed by atoms with Crippen LogP contribution in [0.1, 0.15) is 28.0 Å². The van der Waals surface area contributed by atoms with Gasteiger partial charge in [0.05, 0.1) is 12.1 Å². The van der Waals surface area contributed by atoms with Gasteiger partial charge in [0.15, 0.2) is 11.7 Å². The SMILES string of the molecule is CCNC(=NCCc1nc(C(F)(F)F)cs1)NCCNC(=O)c1ccc(OC)cc1. The highest BCUT2D eigenvalue weighted by Gasteiger charge is 2.33. The Morgan fingerprint density at radius 3 is 2.47 bits per heavy atom. The van der Waals surface area contributed by atoms with Crippen molar-refractivity contribution >= 4 is 23.2 Å². The number of hydrogen-bond acceptors (Lipinski definition) is 5. The number of methoxy groups -OCH3 is 1. The molecule has 1 aromatic carbocycles. The molecular weight excluding hydrogens is 419 g/mol. The number of rotatable bonds is 9. The molecule has 2 aromatic rings. The van der Waals surface area contributed by atoms with Crippen LogP contribution < -0.4 is 20.7 Å². The van der Waals surface area contributed by atoms with E-state index in [4.69, 9.17) is 4.74 Å². The van der Waals surface area contributed by atoms with E-state index >= 15 is 0 Å². The van der Waals surface area contributed by atoms with Crippen molar-refractivity contribution in [3.8, 4) is 5.75 Å². The third kappa shape index (κ3) is 7.54. The van der Waals surface area contributed by atoms with Gasteiger partial charge in [0, 0.05) is 43.5 Å². The third-order valence-electron chi connectivity index (χ3n) is 3.84. The smallest absolute Gasteiger partial charge is 0.434 e.